The summed E-state index contributed by atoms with van der Waals surface area (Å²) in [6.45, 7) is 7.76. The molecule has 0 atom stereocenters. The van der Waals surface area contributed by atoms with Crippen LogP contribution in [0.5, 0.6) is 0 Å². The summed E-state index contributed by atoms with van der Waals surface area (Å²) in [5, 5.41) is 3.08. The highest BCUT2D eigenvalue weighted by atomic mass is 16.1. The van der Waals surface area contributed by atoms with Crippen molar-refractivity contribution in [1.29, 1.82) is 0 Å². The van der Waals surface area contributed by atoms with Gasteiger partial charge in [0.1, 0.15) is 5.54 Å². The van der Waals surface area contributed by atoms with Gasteiger partial charge in [0.15, 0.2) is 5.78 Å². The molecule has 3 heteroatoms. The number of aromatic amines is 1. The summed E-state index contributed by atoms with van der Waals surface area (Å²) in [5.41, 5.74) is 4.47. The SMILES string of the molecule is CC1=c2c(-c3cccc4cc[nH]c34)ccc(C)c2=NC(C)(C)C1=O. The maximum atomic E-state index is 12.8. The molecule has 0 unspecified atom stereocenters. The lowest BCUT2D eigenvalue weighted by atomic mass is 9.87. The van der Waals surface area contributed by atoms with Gasteiger partial charge in [-0.2, -0.15) is 0 Å². The van der Waals surface area contributed by atoms with Gasteiger partial charge < -0.3 is 4.98 Å². The van der Waals surface area contributed by atoms with Crippen LogP contribution in [0.2, 0.25) is 0 Å². The average molecular weight is 316 g/mol. The van der Waals surface area contributed by atoms with Crippen molar-refractivity contribution in [3.8, 4) is 11.1 Å². The summed E-state index contributed by atoms with van der Waals surface area (Å²) in [7, 11) is 0. The van der Waals surface area contributed by atoms with Gasteiger partial charge in [-0.25, -0.2) is 0 Å². The second-order valence-corrected chi connectivity index (χ2v) is 7.03. The lowest BCUT2D eigenvalue weighted by Gasteiger charge is -2.24. The first kappa shape index (κ1) is 14.9. The Balaban J connectivity index is 2.20. The molecule has 0 saturated heterocycles. The van der Waals surface area contributed by atoms with E-state index >= 15 is 0 Å². The van der Waals surface area contributed by atoms with Crippen molar-refractivity contribution in [2.75, 3.05) is 0 Å². The van der Waals surface area contributed by atoms with E-state index in [-0.39, 0.29) is 5.78 Å². The zero-order valence-electron chi connectivity index (χ0n) is 14.4. The van der Waals surface area contributed by atoms with E-state index in [0.29, 0.717) is 0 Å². The van der Waals surface area contributed by atoms with Gasteiger partial charge in [-0.05, 0) is 50.3 Å². The smallest absolute Gasteiger partial charge is 0.186 e. The number of aryl methyl sites for hydroxylation is 1. The Morgan fingerprint density at radius 2 is 1.79 bits per heavy atom. The summed E-state index contributed by atoms with van der Waals surface area (Å²) >= 11 is 0. The van der Waals surface area contributed by atoms with Gasteiger partial charge in [0.2, 0.25) is 0 Å². The van der Waals surface area contributed by atoms with Crippen LogP contribution < -0.4 is 10.6 Å². The molecule has 0 fully saturated rings. The molecule has 2 aromatic carbocycles. The Bertz CT molecular complexity index is 1120. The highest BCUT2D eigenvalue weighted by Gasteiger charge is 2.31. The number of rotatable bonds is 1. The van der Waals surface area contributed by atoms with Crippen LogP contribution in [-0.4, -0.2) is 16.3 Å². The molecule has 3 nitrogen and oxygen atoms in total. The number of benzene rings is 2. The van der Waals surface area contributed by atoms with Crippen LogP contribution in [0, 0.1) is 6.92 Å². The largest absolute Gasteiger partial charge is 0.361 e. The fraction of sp³-hybridized carbons (Fsp3) is 0.238. The molecule has 0 amide bonds. The van der Waals surface area contributed by atoms with Gasteiger partial charge in [0, 0.05) is 22.6 Å². The van der Waals surface area contributed by atoms with Crippen LogP contribution in [0.3, 0.4) is 0 Å². The zero-order chi connectivity index (χ0) is 17.1. The van der Waals surface area contributed by atoms with Gasteiger partial charge in [0.25, 0.3) is 0 Å². The third kappa shape index (κ3) is 1.97. The number of ketones is 1. The van der Waals surface area contributed by atoms with Gasteiger partial charge in [-0.15, -0.1) is 0 Å². The van der Waals surface area contributed by atoms with Gasteiger partial charge in [-0.1, -0.05) is 30.3 Å². The molecular weight excluding hydrogens is 296 g/mol. The van der Waals surface area contributed by atoms with Crippen molar-refractivity contribution in [2.45, 2.75) is 33.2 Å². The fourth-order valence-electron chi connectivity index (χ4n) is 3.66. The van der Waals surface area contributed by atoms with Crippen LogP contribution in [0.15, 0.2) is 47.6 Å². The molecule has 1 aromatic heterocycles. The minimum absolute atomic E-state index is 0.0977. The van der Waals surface area contributed by atoms with Crippen LogP contribution >= 0.6 is 0 Å². The van der Waals surface area contributed by atoms with E-state index in [2.05, 4.69) is 48.3 Å². The molecule has 1 aliphatic rings. The summed E-state index contributed by atoms with van der Waals surface area (Å²) in [4.78, 5) is 20.9. The number of fused-ring (bicyclic) bond motifs is 2. The van der Waals surface area contributed by atoms with Crippen molar-refractivity contribution < 1.29 is 4.79 Å². The molecule has 0 saturated carbocycles. The summed E-state index contributed by atoms with van der Waals surface area (Å²) in [5.74, 6) is 0.0977. The number of Topliss-reactive ketones (excluding diaryl/α,β-unsaturated/α-hetero) is 1. The number of hydrogen-bond donors (Lipinski definition) is 1. The molecule has 0 bridgehead atoms. The number of nitrogens with zero attached hydrogens (tertiary/aromatic N) is 1. The Kier molecular flexibility index (Phi) is 3.04. The number of aromatic nitrogens is 1. The highest BCUT2D eigenvalue weighted by Crippen LogP contribution is 2.27. The van der Waals surface area contributed by atoms with Gasteiger partial charge in [-0.3, -0.25) is 9.79 Å². The normalized spacial score (nSPS) is 16.2. The number of para-hydroxylation sites is 1. The minimum atomic E-state index is -0.696. The van der Waals surface area contributed by atoms with Crippen molar-refractivity contribution in [2.24, 2.45) is 4.99 Å². The van der Waals surface area contributed by atoms with Crippen molar-refractivity contribution in [3.63, 3.8) is 0 Å². The maximum Gasteiger partial charge on any atom is 0.186 e. The molecule has 0 aliphatic carbocycles. The topological polar surface area (TPSA) is 45.2 Å². The second-order valence-electron chi connectivity index (χ2n) is 7.03. The maximum absolute atomic E-state index is 12.8. The first-order chi connectivity index (χ1) is 11.4. The first-order valence-electron chi connectivity index (χ1n) is 8.22. The predicted molar refractivity (Wildman–Crippen MR) is 97.4 cm³/mol. The lowest BCUT2D eigenvalue weighted by Crippen LogP contribution is -2.46. The van der Waals surface area contributed by atoms with Crippen LogP contribution in [-0.2, 0) is 4.79 Å². The molecule has 120 valence electrons. The van der Waals surface area contributed by atoms with Crippen LogP contribution in [0.4, 0.5) is 0 Å². The molecule has 24 heavy (non-hydrogen) atoms. The summed E-state index contributed by atoms with van der Waals surface area (Å²) < 4.78 is 0. The van der Waals surface area contributed by atoms with E-state index in [9.17, 15) is 4.79 Å². The van der Waals surface area contributed by atoms with E-state index < -0.39 is 5.54 Å². The van der Waals surface area contributed by atoms with E-state index in [1.165, 1.54) is 5.39 Å². The molecule has 1 N–H and O–H groups in total. The van der Waals surface area contributed by atoms with Gasteiger partial charge >= 0.3 is 0 Å². The Labute approximate surface area is 140 Å². The van der Waals surface area contributed by atoms with E-state index in [1.807, 2.05) is 27.0 Å². The lowest BCUT2D eigenvalue weighted by molar-refractivity contribution is -0.117. The third-order valence-corrected chi connectivity index (χ3v) is 4.92. The highest BCUT2D eigenvalue weighted by molar-refractivity contribution is 6.20. The summed E-state index contributed by atoms with van der Waals surface area (Å²) in [6, 6.07) is 12.5. The van der Waals surface area contributed by atoms with E-state index in [0.717, 1.165) is 38.4 Å². The number of carbonyl (C=O) groups excluding carboxylic acids is 1. The number of H-pyrrole nitrogens is 1. The van der Waals surface area contributed by atoms with Crippen molar-refractivity contribution in [3.05, 3.63) is 58.7 Å². The van der Waals surface area contributed by atoms with E-state index in [1.54, 1.807) is 0 Å². The standard InChI is InChI=1S/C21H20N2O/c1-12-8-9-15(16-7-5-6-14-10-11-22-19(14)16)17-13(2)20(24)21(3,4)23-18(12)17/h5-11,22H,1-4H3. The molecule has 0 spiro atoms. The number of hydrogen-bond acceptors (Lipinski definition) is 2. The minimum Gasteiger partial charge on any atom is -0.361 e. The quantitative estimate of drug-likeness (QED) is 0.735. The van der Waals surface area contributed by atoms with Crippen molar-refractivity contribution in [1.82, 2.24) is 4.98 Å². The third-order valence-electron chi connectivity index (χ3n) is 4.92. The Morgan fingerprint density at radius 1 is 1.00 bits per heavy atom. The monoisotopic (exact) mass is 316 g/mol. The first-order valence-corrected chi connectivity index (χ1v) is 8.22. The molecule has 1 aliphatic heterocycles. The molecule has 0 radical (unpaired) electrons. The predicted octanol–water partition coefficient (Wildman–Crippen LogP) is 3.29. The zero-order valence-corrected chi connectivity index (χ0v) is 14.4. The second kappa shape index (κ2) is 4.91. The molecule has 3 aromatic rings. The van der Waals surface area contributed by atoms with Crippen molar-refractivity contribution >= 4 is 22.3 Å². The molecule has 2 heterocycles. The molecular formula is C21H20N2O. The summed E-state index contributed by atoms with van der Waals surface area (Å²) in [6.07, 6.45) is 1.95. The number of nitrogens with one attached hydrogen (secondary N) is 1. The Hall–Kier alpha value is -2.68. The van der Waals surface area contributed by atoms with Crippen LogP contribution in [0.25, 0.3) is 27.6 Å². The van der Waals surface area contributed by atoms with Crippen LogP contribution in [0.1, 0.15) is 26.3 Å². The Morgan fingerprint density at radius 3 is 2.58 bits per heavy atom. The van der Waals surface area contributed by atoms with E-state index in [4.69, 9.17) is 4.99 Å². The fourth-order valence-corrected chi connectivity index (χ4v) is 3.66. The van der Waals surface area contributed by atoms with Gasteiger partial charge in [0.05, 0.1) is 10.9 Å². The average Bonchev–Trinajstić information content (AvgIpc) is 3.02. The number of carbonyl (C=O) groups is 1. The molecule has 4 rings (SSSR count).